The SMILES string of the molecule is CC(/C(=C\CCI)c1ccccc1)C(F)(F)C(F)(F)C(F)(F)C(F)(F)C(F)(F)C(F)(F)C(F)(F)C(F)(F)C(F)(F)C(F)(F)F. The van der Waals surface area contributed by atoms with Gasteiger partial charge in [0, 0.05) is 4.43 Å². The lowest BCUT2D eigenvalue weighted by Gasteiger charge is -2.45. The Labute approximate surface area is 245 Å². The maximum Gasteiger partial charge on any atom is 0.460 e. The van der Waals surface area contributed by atoms with Crippen molar-refractivity contribution in [2.24, 2.45) is 5.92 Å². The molecule has 0 aliphatic heterocycles. The maximum absolute atomic E-state index is 14.8. The fourth-order valence-corrected chi connectivity index (χ4v) is 3.73. The third kappa shape index (κ3) is 5.59. The molecule has 1 rings (SSSR count). The van der Waals surface area contributed by atoms with Gasteiger partial charge in [0.15, 0.2) is 0 Å². The molecular formula is C22H14F21I. The van der Waals surface area contributed by atoms with E-state index in [0.717, 1.165) is 24.3 Å². The van der Waals surface area contributed by atoms with Crippen molar-refractivity contribution in [2.45, 2.75) is 72.8 Å². The molecule has 1 aromatic rings. The van der Waals surface area contributed by atoms with Crippen molar-refractivity contribution in [3.05, 3.63) is 42.0 Å². The van der Waals surface area contributed by atoms with Crippen molar-refractivity contribution in [3.63, 3.8) is 0 Å². The second kappa shape index (κ2) is 11.8. The first-order chi connectivity index (χ1) is 19.2. The van der Waals surface area contributed by atoms with E-state index in [0.29, 0.717) is 6.08 Å². The Bertz CT molecular complexity index is 1170. The van der Waals surface area contributed by atoms with Gasteiger partial charge in [0.2, 0.25) is 0 Å². The molecule has 0 spiro atoms. The summed E-state index contributed by atoms with van der Waals surface area (Å²) in [5, 5.41) is 0. The molecule has 0 nitrogen and oxygen atoms in total. The van der Waals surface area contributed by atoms with Gasteiger partial charge in [-0.2, -0.15) is 92.2 Å². The van der Waals surface area contributed by atoms with Gasteiger partial charge in [-0.05, 0) is 17.6 Å². The molecule has 0 bridgehead atoms. The first kappa shape index (κ1) is 40.2. The highest BCUT2D eigenvalue weighted by Crippen LogP contribution is 2.66. The standard InChI is InChI=1S/C22H14F21I/c1-10(12(8-5-9-44)11-6-3-2-4-7-11)13(23,24)14(25,26)15(27,28)16(29,30)17(31,32)18(33,34)19(35,36)20(37,38)21(39,40)22(41,42)43/h2-4,6-8,10H,5,9H2,1H3/b12-8+. The summed E-state index contributed by atoms with van der Waals surface area (Å²) >= 11 is 1.58. The van der Waals surface area contributed by atoms with Crippen molar-refractivity contribution in [1.82, 2.24) is 0 Å². The maximum atomic E-state index is 14.8. The van der Waals surface area contributed by atoms with Gasteiger partial charge in [-0.15, -0.1) is 0 Å². The minimum absolute atomic E-state index is 0.00451. The predicted octanol–water partition coefficient (Wildman–Crippen LogP) is 10.8. The number of allylic oxidation sites excluding steroid dienone is 2. The zero-order chi connectivity index (χ0) is 35.4. The number of alkyl halides is 22. The highest BCUT2D eigenvalue weighted by Gasteiger charge is 2.98. The van der Waals surface area contributed by atoms with Crippen LogP contribution in [0.2, 0.25) is 0 Å². The summed E-state index contributed by atoms with van der Waals surface area (Å²) in [5.41, 5.74) is -1.54. The lowest BCUT2D eigenvalue weighted by Crippen LogP contribution is -2.77. The van der Waals surface area contributed by atoms with E-state index >= 15 is 0 Å². The zero-order valence-corrected chi connectivity index (χ0v) is 22.9. The van der Waals surface area contributed by atoms with E-state index in [-0.39, 0.29) is 17.8 Å². The zero-order valence-electron chi connectivity index (χ0n) is 20.8. The Kier molecular flexibility index (Phi) is 10.8. The first-order valence-corrected chi connectivity index (χ1v) is 12.5. The van der Waals surface area contributed by atoms with E-state index in [1.807, 2.05) is 0 Å². The third-order valence-corrected chi connectivity index (χ3v) is 6.75. The molecule has 256 valence electrons. The summed E-state index contributed by atoms with van der Waals surface area (Å²) in [5.74, 6) is -80.5. The average molecular weight is 804 g/mol. The van der Waals surface area contributed by atoms with Crippen LogP contribution in [0.15, 0.2) is 36.4 Å². The van der Waals surface area contributed by atoms with E-state index in [9.17, 15) is 92.2 Å². The lowest BCUT2D eigenvalue weighted by molar-refractivity contribution is -0.474. The molecule has 0 aliphatic rings. The number of benzene rings is 1. The number of hydrogen-bond acceptors (Lipinski definition) is 0. The molecule has 0 radical (unpaired) electrons. The largest absolute Gasteiger partial charge is 0.460 e. The molecule has 0 N–H and O–H groups in total. The number of hydrogen-bond donors (Lipinski definition) is 0. The van der Waals surface area contributed by atoms with Crippen LogP contribution in [0.25, 0.3) is 5.57 Å². The fraction of sp³-hybridized carbons (Fsp3) is 0.636. The molecule has 0 aromatic heterocycles. The topological polar surface area (TPSA) is 0 Å². The minimum atomic E-state index is -9.18. The molecule has 22 heteroatoms. The van der Waals surface area contributed by atoms with Crippen molar-refractivity contribution in [2.75, 3.05) is 4.43 Å². The van der Waals surface area contributed by atoms with Crippen molar-refractivity contribution < 1.29 is 92.2 Å². The quantitative estimate of drug-likeness (QED) is 0.106. The minimum Gasteiger partial charge on any atom is -0.199 e. The second-order valence-electron chi connectivity index (χ2n) is 8.94. The number of halogens is 22. The predicted molar refractivity (Wildman–Crippen MR) is 118 cm³/mol. The van der Waals surface area contributed by atoms with Crippen LogP contribution in [0.5, 0.6) is 0 Å². The highest BCUT2D eigenvalue weighted by molar-refractivity contribution is 14.1. The van der Waals surface area contributed by atoms with Crippen molar-refractivity contribution >= 4 is 28.2 Å². The Morgan fingerprint density at radius 2 is 0.864 bits per heavy atom. The van der Waals surface area contributed by atoms with E-state index in [1.54, 1.807) is 22.6 Å². The molecule has 0 saturated carbocycles. The first-order valence-electron chi connectivity index (χ1n) is 11.0. The van der Waals surface area contributed by atoms with Crippen LogP contribution in [0.1, 0.15) is 18.9 Å². The third-order valence-electron chi connectivity index (χ3n) is 6.13. The van der Waals surface area contributed by atoms with Gasteiger partial charge in [0.05, 0.1) is 5.92 Å². The smallest absolute Gasteiger partial charge is 0.199 e. The fourth-order valence-electron chi connectivity index (χ4n) is 3.42. The van der Waals surface area contributed by atoms with Crippen LogP contribution in [0.4, 0.5) is 92.2 Å². The summed E-state index contributed by atoms with van der Waals surface area (Å²) < 4.78 is 287. The molecule has 0 amide bonds. The lowest BCUT2D eigenvalue weighted by atomic mass is 9.80. The van der Waals surface area contributed by atoms with E-state index in [1.165, 1.54) is 6.07 Å². The Hall–Kier alpha value is -1.78. The molecule has 1 atom stereocenters. The summed E-state index contributed by atoms with van der Waals surface area (Å²) in [6.07, 6.45) is -7.66. The number of rotatable bonds is 13. The monoisotopic (exact) mass is 804 g/mol. The normalized spacial score (nSPS) is 16.8. The molecule has 0 heterocycles. The second-order valence-corrected chi connectivity index (χ2v) is 10.0. The molecule has 0 fully saturated rings. The molecule has 1 aromatic carbocycles. The van der Waals surface area contributed by atoms with Gasteiger partial charge in [0.1, 0.15) is 0 Å². The van der Waals surface area contributed by atoms with Gasteiger partial charge < -0.3 is 0 Å². The van der Waals surface area contributed by atoms with Crippen LogP contribution < -0.4 is 0 Å². The van der Waals surface area contributed by atoms with E-state index in [2.05, 4.69) is 0 Å². The van der Waals surface area contributed by atoms with Crippen LogP contribution >= 0.6 is 22.6 Å². The van der Waals surface area contributed by atoms with Gasteiger partial charge in [-0.1, -0.05) is 65.9 Å². The molecule has 44 heavy (non-hydrogen) atoms. The summed E-state index contributed by atoms with van der Waals surface area (Å²) in [7, 11) is 0. The summed E-state index contributed by atoms with van der Waals surface area (Å²) in [6.45, 7) is -0.0607. The molecular weight excluding hydrogens is 790 g/mol. The van der Waals surface area contributed by atoms with Crippen molar-refractivity contribution in [1.29, 1.82) is 0 Å². The van der Waals surface area contributed by atoms with E-state index < -0.39 is 76.5 Å². The Morgan fingerprint density at radius 3 is 1.18 bits per heavy atom. The average Bonchev–Trinajstić information content (AvgIpc) is 2.87. The molecule has 0 aliphatic carbocycles. The van der Waals surface area contributed by atoms with Crippen LogP contribution in [-0.2, 0) is 0 Å². The van der Waals surface area contributed by atoms with E-state index in [4.69, 9.17) is 0 Å². The van der Waals surface area contributed by atoms with Gasteiger partial charge >= 0.3 is 59.5 Å². The molecule has 1 unspecified atom stereocenters. The summed E-state index contributed by atoms with van der Waals surface area (Å²) in [6, 6.07) is 5.08. The van der Waals surface area contributed by atoms with Gasteiger partial charge in [-0.3, -0.25) is 0 Å². The van der Waals surface area contributed by atoms with Crippen molar-refractivity contribution in [3.8, 4) is 0 Å². The Morgan fingerprint density at radius 1 is 0.545 bits per heavy atom. The van der Waals surface area contributed by atoms with Crippen LogP contribution in [0, 0.1) is 5.92 Å². The Balaban J connectivity index is 3.85. The van der Waals surface area contributed by atoms with Crippen LogP contribution in [-0.4, -0.2) is 63.9 Å². The van der Waals surface area contributed by atoms with Gasteiger partial charge in [-0.25, -0.2) is 0 Å². The van der Waals surface area contributed by atoms with Gasteiger partial charge in [0.25, 0.3) is 0 Å². The summed E-state index contributed by atoms with van der Waals surface area (Å²) in [4.78, 5) is 0. The van der Waals surface area contributed by atoms with Crippen LogP contribution in [0.3, 0.4) is 0 Å². The molecule has 0 saturated heterocycles. The highest BCUT2D eigenvalue weighted by atomic mass is 127.